The summed E-state index contributed by atoms with van der Waals surface area (Å²) in [5, 5.41) is 0.557. The summed E-state index contributed by atoms with van der Waals surface area (Å²) in [6, 6.07) is 11.9. The summed E-state index contributed by atoms with van der Waals surface area (Å²) in [5.41, 5.74) is 3.72. The molecule has 0 radical (unpaired) electrons. The van der Waals surface area contributed by atoms with Crippen LogP contribution in [0.1, 0.15) is 29.7 Å². The number of thiazole rings is 1. The second-order valence-corrected chi connectivity index (χ2v) is 12.3. The lowest BCUT2D eigenvalue weighted by atomic mass is 9.96. The topological polar surface area (TPSA) is 83.5 Å². The van der Waals surface area contributed by atoms with Gasteiger partial charge in [-0.25, -0.2) is 22.2 Å². The number of hydrogen-bond donors (Lipinski definition) is 0. The van der Waals surface area contributed by atoms with E-state index in [9.17, 15) is 22.0 Å². The first-order chi connectivity index (χ1) is 18.1. The number of anilines is 1. The van der Waals surface area contributed by atoms with Gasteiger partial charge in [0.2, 0.25) is 15.9 Å². The number of fused-ring (bicyclic) bond motifs is 1. The molecular weight excluding hydrogens is 530 g/mol. The van der Waals surface area contributed by atoms with Gasteiger partial charge in [0, 0.05) is 25.2 Å². The van der Waals surface area contributed by atoms with Gasteiger partial charge in [0.25, 0.3) is 0 Å². The van der Waals surface area contributed by atoms with Crippen LogP contribution in [0.5, 0.6) is 0 Å². The van der Waals surface area contributed by atoms with Crippen molar-refractivity contribution in [3.63, 3.8) is 0 Å². The summed E-state index contributed by atoms with van der Waals surface area (Å²) in [7, 11) is -4.24. The molecule has 1 amide bonds. The minimum atomic E-state index is -4.24. The number of pyridine rings is 1. The Labute approximate surface area is 223 Å². The number of benzene rings is 2. The molecule has 0 aliphatic carbocycles. The van der Waals surface area contributed by atoms with Gasteiger partial charge in [0.1, 0.15) is 16.5 Å². The van der Waals surface area contributed by atoms with Gasteiger partial charge in [-0.05, 0) is 74.2 Å². The van der Waals surface area contributed by atoms with Gasteiger partial charge in [0.05, 0.1) is 22.5 Å². The highest BCUT2D eigenvalue weighted by molar-refractivity contribution is 7.89. The molecule has 0 unspecified atom stereocenters. The van der Waals surface area contributed by atoms with Crippen LogP contribution in [0.25, 0.3) is 10.2 Å². The Kier molecular flexibility index (Phi) is 7.26. The van der Waals surface area contributed by atoms with Gasteiger partial charge >= 0.3 is 0 Å². The Morgan fingerprint density at radius 1 is 1.11 bits per heavy atom. The third kappa shape index (κ3) is 5.05. The second-order valence-electron chi connectivity index (χ2n) is 9.35. The van der Waals surface area contributed by atoms with Crippen molar-refractivity contribution in [2.75, 3.05) is 18.0 Å². The SMILES string of the molecule is Cc1ccc2sc(N(Cc3ccccn3)C(=O)C3CCN(S(=O)(=O)c4cc(F)ccc4F)CC3)nc2c1C. The number of aryl methyl sites for hydroxylation is 2. The first-order valence-electron chi connectivity index (χ1n) is 12.2. The molecule has 38 heavy (non-hydrogen) atoms. The van der Waals surface area contributed by atoms with Crippen molar-refractivity contribution in [2.24, 2.45) is 5.92 Å². The quantitative estimate of drug-likeness (QED) is 0.325. The number of rotatable bonds is 6. The zero-order chi connectivity index (χ0) is 27.0. The van der Waals surface area contributed by atoms with E-state index in [-0.39, 0.29) is 38.4 Å². The fourth-order valence-corrected chi connectivity index (χ4v) is 7.18. The first kappa shape index (κ1) is 26.3. The molecule has 3 heterocycles. The number of halogens is 2. The molecule has 11 heteroatoms. The fraction of sp³-hybridized carbons (Fsp3) is 0.296. The van der Waals surface area contributed by atoms with Crippen molar-refractivity contribution in [3.05, 3.63) is 83.2 Å². The Balaban J connectivity index is 1.40. The molecule has 1 aliphatic heterocycles. The fourth-order valence-electron chi connectivity index (χ4n) is 4.60. The Morgan fingerprint density at radius 2 is 1.87 bits per heavy atom. The number of piperidine rings is 1. The van der Waals surface area contributed by atoms with Crippen LogP contribution >= 0.6 is 11.3 Å². The van der Waals surface area contributed by atoms with Crippen molar-refractivity contribution < 1.29 is 22.0 Å². The number of amides is 1. The van der Waals surface area contributed by atoms with E-state index in [1.165, 1.54) is 11.3 Å². The zero-order valence-corrected chi connectivity index (χ0v) is 22.5. The Bertz CT molecular complexity index is 1600. The highest BCUT2D eigenvalue weighted by Gasteiger charge is 2.36. The highest BCUT2D eigenvalue weighted by Crippen LogP contribution is 2.35. The minimum absolute atomic E-state index is 0.0181. The molecule has 1 aliphatic rings. The summed E-state index contributed by atoms with van der Waals surface area (Å²) < 4.78 is 56.0. The number of aromatic nitrogens is 2. The molecule has 0 saturated carbocycles. The molecule has 2 aromatic heterocycles. The van der Waals surface area contributed by atoms with Crippen molar-refractivity contribution in [2.45, 2.75) is 38.1 Å². The largest absolute Gasteiger partial charge is 0.282 e. The maximum atomic E-state index is 14.2. The van der Waals surface area contributed by atoms with E-state index in [0.29, 0.717) is 16.9 Å². The van der Waals surface area contributed by atoms with Gasteiger partial charge in [0.15, 0.2) is 5.13 Å². The molecule has 7 nitrogen and oxygen atoms in total. The third-order valence-electron chi connectivity index (χ3n) is 6.93. The van der Waals surface area contributed by atoms with Crippen molar-refractivity contribution in [1.29, 1.82) is 0 Å². The molecule has 0 N–H and O–H groups in total. The molecule has 4 aromatic rings. The molecule has 198 valence electrons. The molecule has 5 rings (SSSR count). The minimum Gasteiger partial charge on any atom is -0.282 e. The van der Waals surface area contributed by atoms with E-state index in [1.807, 2.05) is 38.1 Å². The lowest BCUT2D eigenvalue weighted by molar-refractivity contribution is -0.123. The van der Waals surface area contributed by atoms with Gasteiger partial charge < -0.3 is 0 Å². The number of nitrogens with zero attached hydrogens (tertiary/aromatic N) is 4. The van der Waals surface area contributed by atoms with E-state index in [2.05, 4.69) is 4.98 Å². The number of carbonyl (C=O) groups is 1. The highest BCUT2D eigenvalue weighted by atomic mass is 32.2. The van der Waals surface area contributed by atoms with E-state index >= 15 is 0 Å². The van der Waals surface area contributed by atoms with Crippen LogP contribution < -0.4 is 4.90 Å². The number of carbonyl (C=O) groups excluding carboxylic acids is 1. The molecule has 0 atom stereocenters. The van der Waals surface area contributed by atoms with Gasteiger partial charge in [-0.3, -0.25) is 14.7 Å². The summed E-state index contributed by atoms with van der Waals surface area (Å²) in [6.07, 6.45) is 2.16. The van der Waals surface area contributed by atoms with E-state index in [0.717, 1.165) is 37.8 Å². The summed E-state index contributed by atoms with van der Waals surface area (Å²) in [6.45, 7) is 4.28. The maximum Gasteiger partial charge on any atom is 0.246 e. The Hall–Kier alpha value is -3.28. The third-order valence-corrected chi connectivity index (χ3v) is 9.89. The lowest BCUT2D eigenvalue weighted by Gasteiger charge is -2.33. The maximum absolute atomic E-state index is 14.2. The van der Waals surface area contributed by atoms with Crippen LogP contribution in [0.4, 0.5) is 13.9 Å². The van der Waals surface area contributed by atoms with Gasteiger partial charge in [-0.15, -0.1) is 0 Å². The summed E-state index contributed by atoms with van der Waals surface area (Å²) in [5.74, 6) is -2.47. The van der Waals surface area contributed by atoms with Crippen LogP contribution in [0.15, 0.2) is 59.6 Å². The summed E-state index contributed by atoms with van der Waals surface area (Å²) >= 11 is 1.43. The predicted octanol–water partition coefficient (Wildman–Crippen LogP) is 5.22. The van der Waals surface area contributed by atoms with Crippen LogP contribution in [0.3, 0.4) is 0 Å². The van der Waals surface area contributed by atoms with E-state index in [1.54, 1.807) is 17.2 Å². The average Bonchev–Trinajstić information content (AvgIpc) is 3.36. The number of sulfonamides is 1. The normalized spacial score (nSPS) is 15.2. The van der Waals surface area contributed by atoms with E-state index in [4.69, 9.17) is 4.98 Å². The smallest absolute Gasteiger partial charge is 0.246 e. The van der Waals surface area contributed by atoms with Gasteiger partial charge in [-0.2, -0.15) is 4.31 Å². The molecule has 1 saturated heterocycles. The molecular formula is C27H26F2N4O3S2. The van der Waals surface area contributed by atoms with Crippen molar-refractivity contribution >= 4 is 42.6 Å². The first-order valence-corrected chi connectivity index (χ1v) is 14.4. The van der Waals surface area contributed by atoms with Crippen LogP contribution in [0.2, 0.25) is 0 Å². The Morgan fingerprint density at radius 3 is 2.58 bits per heavy atom. The molecule has 0 bridgehead atoms. The molecule has 2 aromatic carbocycles. The average molecular weight is 557 g/mol. The zero-order valence-electron chi connectivity index (χ0n) is 20.9. The van der Waals surface area contributed by atoms with Crippen LogP contribution in [0, 0.1) is 31.4 Å². The van der Waals surface area contributed by atoms with Crippen LogP contribution in [-0.2, 0) is 21.4 Å². The monoisotopic (exact) mass is 556 g/mol. The summed E-state index contributed by atoms with van der Waals surface area (Å²) in [4.78, 5) is 24.0. The molecule has 0 spiro atoms. The molecule has 1 fully saturated rings. The lowest BCUT2D eigenvalue weighted by Crippen LogP contribution is -2.44. The van der Waals surface area contributed by atoms with Crippen molar-refractivity contribution in [3.8, 4) is 0 Å². The van der Waals surface area contributed by atoms with Gasteiger partial charge in [-0.1, -0.05) is 23.5 Å². The van der Waals surface area contributed by atoms with Crippen molar-refractivity contribution in [1.82, 2.24) is 14.3 Å². The predicted molar refractivity (Wildman–Crippen MR) is 142 cm³/mol. The van der Waals surface area contributed by atoms with E-state index < -0.39 is 32.5 Å². The standard InChI is InChI=1S/C27H26F2N4O3S2/c1-17-6-9-23-25(18(17)2)31-27(37-23)33(16-21-5-3-4-12-30-21)26(34)19-10-13-32(14-11-19)38(35,36)24-15-20(28)7-8-22(24)29/h3-9,12,15,19H,10-11,13-14,16H2,1-2H3. The number of hydrogen-bond acceptors (Lipinski definition) is 6. The van der Waals surface area contributed by atoms with Crippen LogP contribution in [-0.4, -0.2) is 41.7 Å². The second kappa shape index (κ2) is 10.5.